The second kappa shape index (κ2) is 5.47. The van der Waals surface area contributed by atoms with Crippen LogP contribution in [0, 0.1) is 17.7 Å². The molecule has 0 saturated heterocycles. The monoisotopic (exact) mass is 220 g/mol. The van der Waals surface area contributed by atoms with Crippen molar-refractivity contribution in [3.05, 3.63) is 35.6 Å². The smallest absolute Gasteiger partial charge is 0.123 e. The van der Waals surface area contributed by atoms with Crippen LogP contribution >= 0.6 is 0 Å². The maximum atomic E-state index is 12.7. The van der Waals surface area contributed by atoms with E-state index >= 15 is 0 Å². The van der Waals surface area contributed by atoms with E-state index in [0.29, 0.717) is 0 Å². The molecule has 0 spiro atoms. The first-order valence-corrected chi connectivity index (χ1v) is 6.54. The minimum atomic E-state index is -0.126. The van der Waals surface area contributed by atoms with Crippen LogP contribution in [0.25, 0.3) is 0 Å². The van der Waals surface area contributed by atoms with Gasteiger partial charge in [0.25, 0.3) is 0 Å². The molecule has 0 radical (unpaired) electrons. The molecule has 1 aromatic rings. The van der Waals surface area contributed by atoms with Crippen molar-refractivity contribution in [3.63, 3.8) is 0 Å². The van der Waals surface area contributed by atoms with E-state index in [1.807, 2.05) is 12.1 Å². The molecule has 0 N–H and O–H groups in total. The fraction of sp³-hybridized carbons (Fsp3) is 0.600. The average molecular weight is 220 g/mol. The Balaban J connectivity index is 1.70. The second-order valence-corrected chi connectivity index (χ2v) is 5.08. The maximum absolute atomic E-state index is 12.7. The van der Waals surface area contributed by atoms with Gasteiger partial charge in [-0.25, -0.2) is 4.39 Å². The number of hydrogen-bond donors (Lipinski definition) is 0. The van der Waals surface area contributed by atoms with E-state index in [1.165, 1.54) is 37.7 Å². The van der Waals surface area contributed by atoms with E-state index in [9.17, 15) is 4.39 Å². The Morgan fingerprint density at radius 2 is 1.88 bits per heavy atom. The van der Waals surface area contributed by atoms with Crippen LogP contribution < -0.4 is 0 Å². The van der Waals surface area contributed by atoms with E-state index in [1.54, 1.807) is 12.1 Å². The predicted molar refractivity (Wildman–Crippen MR) is 65.8 cm³/mol. The highest BCUT2D eigenvalue weighted by atomic mass is 19.1. The Labute approximate surface area is 97.9 Å². The number of hydrogen-bond acceptors (Lipinski definition) is 0. The third kappa shape index (κ3) is 3.33. The normalized spacial score (nSPS) is 23.4. The fourth-order valence-electron chi connectivity index (χ4n) is 2.49. The van der Waals surface area contributed by atoms with Gasteiger partial charge < -0.3 is 0 Å². The number of rotatable bonds is 6. The van der Waals surface area contributed by atoms with Crippen LogP contribution in [-0.4, -0.2) is 0 Å². The zero-order chi connectivity index (χ0) is 11.4. The quantitative estimate of drug-likeness (QED) is 0.615. The molecule has 88 valence electrons. The summed E-state index contributed by atoms with van der Waals surface area (Å²) in [7, 11) is 0. The Morgan fingerprint density at radius 1 is 1.12 bits per heavy atom. The molecule has 0 aliphatic heterocycles. The van der Waals surface area contributed by atoms with Crippen LogP contribution in [0.3, 0.4) is 0 Å². The first kappa shape index (κ1) is 11.6. The summed E-state index contributed by atoms with van der Waals surface area (Å²) in [5, 5.41) is 0. The van der Waals surface area contributed by atoms with Crippen LogP contribution in [0.5, 0.6) is 0 Å². The molecule has 0 unspecified atom stereocenters. The molecule has 1 fully saturated rings. The molecule has 2 rings (SSSR count). The van der Waals surface area contributed by atoms with Crippen LogP contribution in [0.2, 0.25) is 0 Å². The summed E-state index contributed by atoms with van der Waals surface area (Å²) in [5.74, 6) is 1.71. The van der Waals surface area contributed by atoms with E-state index in [2.05, 4.69) is 6.92 Å². The zero-order valence-electron chi connectivity index (χ0n) is 10.1. The van der Waals surface area contributed by atoms with Gasteiger partial charge in [-0.1, -0.05) is 44.7 Å². The highest BCUT2D eigenvalue weighted by Crippen LogP contribution is 2.44. The Kier molecular flexibility index (Phi) is 3.98. The van der Waals surface area contributed by atoms with Gasteiger partial charge in [0, 0.05) is 0 Å². The van der Waals surface area contributed by atoms with Gasteiger partial charge in [0.15, 0.2) is 0 Å². The second-order valence-electron chi connectivity index (χ2n) is 5.08. The summed E-state index contributed by atoms with van der Waals surface area (Å²) >= 11 is 0. The van der Waals surface area contributed by atoms with E-state index < -0.39 is 0 Å². The van der Waals surface area contributed by atoms with Gasteiger partial charge in [-0.3, -0.25) is 0 Å². The molecular weight excluding hydrogens is 199 g/mol. The van der Waals surface area contributed by atoms with Gasteiger partial charge in [-0.15, -0.1) is 0 Å². The van der Waals surface area contributed by atoms with Crippen LogP contribution in [0.15, 0.2) is 24.3 Å². The number of benzene rings is 1. The van der Waals surface area contributed by atoms with Gasteiger partial charge >= 0.3 is 0 Å². The fourth-order valence-corrected chi connectivity index (χ4v) is 2.49. The van der Waals surface area contributed by atoms with E-state index in [0.717, 1.165) is 18.3 Å². The molecule has 0 amide bonds. The molecule has 1 aliphatic rings. The van der Waals surface area contributed by atoms with E-state index in [4.69, 9.17) is 0 Å². The molecular formula is C15H21F. The Morgan fingerprint density at radius 3 is 2.56 bits per heavy atom. The zero-order valence-corrected chi connectivity index (χ0v) is 10.1. The van der Waals surface area contributed by atoms with Gasteiger partial charge in [0.1, 0.15) is 5.82 Å². The first-order valence-electron chi connectivity index (χ1n) is 6.54. The standard InChI is InChI=1S/C15H21F/c1-2-3-4-5-13-11-14(13)10-12-6-8-15(16)9-7-12/h6-9,13-14H,2-5,10-11H2,1H3/t13-,14-/m1/s1. The van der Waals surface area contributed by atoms with E-state index in [-0.39, 0.29) is 5.82 Å². The molecule has 2 atom stereocenters. The number of halogens is 1. The van der Waals surface area contributed by atoms with Crippen LogP contribution in [0.1, 0.15) is 44.6 Å². The highest BCUT2D eigenvalue weighted by Gasteiger charge is 2.35. The lowest BCUT2D eigenvalue weighted by molar-refractivity contribution is 0.579. The molecule has 0 bridgehead atoms. The van der Waals surface area contributed by atoms with Crippen molar-refractivity contribution in [2.24, 2.45) is 11.8 Å². The number of unbranched alkanes of at least 4 members (excludes halogenated alkanes) is 2. The summed E-state index contributed by atoms with van der Waals surface area (Å²) in [5.41, 5.74) is 1.30. The molecule has 1 aliphatic carbocycles. The average Bonchev–Trinajstić information content (AvgIpc) is 3.01. The predicted octanol–water partition coefficient (Wildman–Crippen LogP) is 4.58. The molecule has 0 nitrogen and oxygen atoms in total. The lowest BCUT2D eigenvalue weighted by Crippen LogP contribution is -1.91. The minimum Gasteiger partial charge on any atom is -0.207 e. The molecule has 0 heterocycles. The van der Waals surface area contributed by atoms with Crippen molar-refractivity contribution in [1.82, 2.24) is 0 Å². The van der Waals surface area contributed by atoms with Crippen molar-refractivity contribution < 1.29 is 4.39 Å². The summed E-state index contributed by atoms with van der Waals surface area (Å²) in [6, 6.07) is 7.00. The summed E-state index contributed by atoms with van der Waals surface area (Å²) in [6.07, 6.45) is 8.02. The Hall–Kier alpha value is -0.850. The molecule has 1 saturated carbocycles. The van der Waals surface area contributed by atoms with Gasteiger partial charge in [-0.2, -0.15) is 0 Å². The molecule has 1 heteroatoms. The van der Waals surface area contributed by atoms with Gasteiger partial charge in [0.2, 0.25) is 0 Å². The Bertz CT molecular complexity index is 315. The van der Waals surface area contributed by atoms with Crippen LogP contribution in [0.4, 0.5) is 4.39 Å². The van der Waals surface area contributed by atoms with Crippen molar-refractivity contribution in [1.29, 1.82) is 0 Å². The lowest BCUT2D eigenvalue weighted by atomic mass is 10.1. The summed E-state index contributed by atoms with van der Waals surface area (Å²) < 4.78 is 12.7. The molecule has 1 aromatic carbocycles. The minimum absolute atomic E-state index is 0.126. The summed E-state index contributed by atoms with van der Waals surface area (Å²) in [4.78, 5) is 0. The SMILES string of the molecule is CCCCC[C@@H]1C[C@H]1Cc1ccc(F)cc1. The maximum Gasteiger partial charge on any atom is 0.123 e. The lowest BCUT2D eigenvalue weighted by Gasteiger charge is -2.01. The molecule has 16 heavy (non-hydrogen) atoms. The third-order valence-electron chi connectivity index (χ3n) is 3.66. The first-order chi connectivity index (χ1) is 7.79. The third-order valence-corrected chi connectivity index (χ3v) is 3.66. The largest absolute Gasteiger partial charge is 0.207 e. The summed E-state index contributed by atoms with van der Waals surface area (Å²) in [6.45, 7) is 2.25. The topological polar surface area (TPSA) is 0 Å². The van der Waals surface area contributed by atoms with Gasteiger partial charge in [0.05, 0.1) is 0 Å². The van der Waals surface area contributed by atoms with Crippen LogP contribution in [-0.2, 0) is 6.42 Å². The van der Waals surface area contributed by atoms with Gasteiger partial charge in [-0.05, 0) is 42.4 Å². The van der Waals surface area contributed by atoms with Crippen molar-refractivity contribution in [2.45, 2.75) is 45.4 Å². The molecule has 0 aromatic heterocycles. The van der Waals surface area contributed by atoms with Crippen molar-refractivity contribution in [2.75, 3.05) is 0 Å². The van der Waals surface area contributed by atoms with Crippen molar-refractivity contribution >= 4 is 0 Å². The van der Waals surface area contributed by atoms with Crippen molar-refractivity contribution in [3.8, 4) is 0 Å². The highest BCUT2D eigenvalue weighted by molar-refractivity contribution is 5.17.